The molecule has 1 aliphatic heterocycles. The van der Waals surface area contributed by atoms with Gasteiger partial charge in [-0.3, -0.25) is 9.89 Å². The van der Waals surface area contributed by atoms with E-state index in [1.807, 2.05) is 72.8 Å². The van der Waals surface area contributed by atoms with Crippen LogP contribution >= 0.6 is 11.6 Å². The van der Waals surface area contributed by atoms with Crippen LogP contribution in [0.4, 0.5) is 0 Å². The Bertz CT molecular complexity index is 1360. The van der Waals surface area contributed by atoms with Crippen molar-refractivity contribution in [3.05, 3.63) is 100 Å². The van der Waals surface area contributed by atoms with Crippen LogP contribution in [0.5, 0.6) is 11.5 Å². The van der Waals surface area contributed by atoms with Crippen LogP contribution in [0.15, 0.2) is 72.8 Å². The minimum absolute atomic E-state index is 0.122. The summed E-state index contributed by atoms with van der Waals surface area (Å²) in [6, 6.07) is 22.8. The van der Waals surface area contributed by atoms with Crippen molar-refractivity contribution in [2.45, 2.75) is 12.6 Å². The summed E-state index contributed by atoms with van der Waals surface area (Å²) < 4.78 is 17.0. The van der Waals surface area contributed by atoms with Gasteiger partial charge >= 0.3 is 0 Å². The Kier molecular flexibility index (Phi) is 6.93. The zero-order valence-corrected chi connectivity index (χ0v) is 20.8. The number of amides is 1. The number of carbonyl (C=O) groups is 1. The fraction of sp³-hybridized carbons (Fsp3) is 0.214. The Balaban J connectivity index is 1.53. The fourth-order valence-corrected chi connectivity index (χ4v) is 4.63. The number of carbonyl (C=O) groups excluding carboxylic acids is 1. The van der Waals surface area contributed by atoms with Crippen molar-refractivity contribution in [3.63, 3.8) is 0 Å². The van der Waals surface area contributed by atoms with Crippen LogP contribution in [0.1, 0.15) is 33.2 Å². The van der Waals surface area contributed by atoms with Gasteiger partial charge in [0.15, 0.2) is 11.5 Å². The lowest BCUT2D eigenvalue weighted by Crippen LogP contribution is -2.32. The van der Waals surface area contributed by atoms with Gasteiger partial charge in [0.1, 0.15) is 12.3 Å². The van der Waals surface area contributed by atoms with E-state index >= 15 is 0 Å². The minimum atomic E-state index is -0.371. The average molecular weight is 504 g/mol. The number of nitrogens with one attached hydrogen (secondary N) is 1. The predicted molar refractivity (Wildman–Crippen MR) is 138 cm³/mol. The van der Waals surface area contributed by atoms with Gasteiger partial charge in [-0.05, 0) is 35.4 Å². The molecule has 3 aromatic carbocycles. The van der Waals surface area contributed by atoms with Crippen molar-refractivity contribution in [3.8, 4) is 22.8 Å². The standard InChI is InChI=1S/C28H26ClN3O4/c1-34-15-14-32-27(24-25(30-31-26(24)28(32)33)19-8-11-21(29)12-9-19)20-10-13-22(23(16-20)35-2)36-17-18-6-4-3-5-7-18/h3-13,16,27H,14-15,17H2,1-2H3,(H,30,31). The number of hydrogen-bond acceptors (Lipinski definition) is 5. The topological polar surface area (TPSA) is 76.7 Å². The lowest BCUT2D eigenvalue weighted by molar-refractivity contribution is 0.0677. The smallest absolute Gasteiger partial charge is 0.273 e. The summed E-state index contributed by atoms with van der Waals surface area (Å²) in [5, 5.41) is 8.10. The average Bonchev–Trinajstić information content (AvgIpc) is 3.46. The van der Waals surface area contributed by atoms with Crippen molar-refractivity contribution >= 4 is 17.5 Å². The second-order valence-corrected chi connectivity index (χ2v) is 8.88. The molecule has 0 saturated carbocycles. The molecule has 36 heavy (non-hydrogen) atoms. The highest BCUT2D eigenvalue weighted by Crippen LogP contribution is 2.44. The van der Waals surface area contributed by atoms with Crippen molar-refractivity contribution in [2.24, 2.45) is 0 Å². The molecule has 1 amide bonds. The molecule has 7 nitrogen and oxygen atoms in total. The van der Waals surface area contributed by atoms with Crippen LogP contribution in [0, 0.1) is 0 Å². The molecule has 0 saturated heterocycles. The van der Waals surface area contributed by atoms with Gasteiger partial charge in [0.05, 0.1) is 25.5 Å². The maximum absolute atomic E-state index is 13.4. The number of H-pyrrole nitrogens is 1. The van der Waals surface area contributed by atoms with Gasteiger partial charge in [-0.1, -0.05) is 60.1 Å². The Morgan fingerprint density at radius 3 is 2.50 bits per heavy atom. The number of aromatic amines is 1. The second-order valence-electron chi connectivity index (χ2n) is 8.45. The first-order chi connectivity index (χ1) is 17.6. The summed E-state index contributed by atoms with van der Waals surface area (Å²) in [6.07, 6.45) is 0. The van der Waals surface area contributed by atoms with Gasteiger partial charge in [-0.25, -0.2) is 0 Å². The maximum Gasteiger partial charge on any atom is 0.273 e. The van der Waals surface area contributed by atoms with Crippen LogP contribution in [-0.4, -0.2) is 48.4 Å². The van der Waals surface area contributed by atoms with E-state index in [0.29, 0.717) is 47.7 Å². The van der Waals surface area contributed by atoms with E-state index in [1.165, 1.54) is 0 Å². The monoisotopic (exact) mass is 503 g/mol. The van der Waals surface area contributed by atoms with E-state index in [9.17, 15) is 4.79 Å². The first kappa shape index (κ1) is 23.9. The Hall–Kier alpha value is -3.81. The molecule has 1 N–H and O–H groups in total. The van der Waals surface area contributed by atoms with Crippen LogP contribution in [0.25, 0.3) is 11.3 Å². The number of rotatable bonds is 9. The van der Waals surface area contributed by atoms with E-state index in [-0.39, 0.29) is 11.9 Å². The molecule has 1 aliphatic rings. The summed E-state index contributed by atoms with van der Waals surface area (Å²) in [5.74, 6) is 1.10. The van der Waals surface area contributed by atoms with Crippen LogP contribution in [-0.2, 0) is 11.3 Å². The van der Waals surface area contributed by atoms with Crippen molar-refractivity contribution < 1.29 is 19.0 Å². The zero-order chi connectivity index (χ0) is 25.1. The lowest BCUT2D eigenvalue weighted by Gasteiger charge is -2.26. The number of nitrogens with zero attached hydrogens (tertiary/aromatic N) is 2. The van der Waals surface area contributed by atoms with Gasteiger partial charge in [0.2, 0.25) is 0 Å². The van der Waals surface area contributed by atoms with Gasteiger partial charge in [-0.2, -0.15) is 5.10 Å². The van der Waals surface area contributed by atoms with Crippen LogP contribution in [0.3, 0.4) is 0 Å². The fourth-order valence-electron chi connectivity index (χ4n) is 4.50. The summed E-state index contributed by atoms with van der Waals surface area (Å²) in [5.41, 5.74) is 4.83. The van der Waals surface area contributed by atoms with E-state index in [0.717, 1.165) is 22.3 Å². The third-order valence-corrected chi connectivity index (χ3v) is 6.51. The van der Waals surface area contributed by atoms with Gasteiger partial charge in [-0.15, -0.1) is 0 Å². The van der Waals surface area contributed by atoms with Crippen molar-refractivity contribution in [1.82, 2.24) is 15.1 Å². The second kappa shape index (κ2) is 10.4. The summed E-state index contributed by atoms with van der Waals surface area (Å²) in [4.78, 5) is 15.2. The molecular weight excluding hydrogens is 478 g/mol. The third-order valence-electron chi connectivity index (χ3n) is 6.26. The predicted octanol–water partition coefficient (Wildman–Crippen LogP) is 5.51. The normalized spacial score (nSPS) is 14.7. The number of hydrogen-bond donors (Lipinski definition) is 1. The molecule has 1 aromatic heterocycles. The number of halogens is 1. The summed E-state index contributed by atoms with van der Waals surface area (Å²) in [7, 11) is 3.23. The Morgan fingerprint density at radius 1 is 1.00 bits per heavy atom. The van der Waals surface area contributed by atoms with Crippen LogP contribution in [0.2, 0.25) is 5.02 Å². The number of ether oxygens (including phenoxy) is 3. The van der Waals surface area contributed by atoms with E-state index in [1.54, 1.807) is 19.1 Å². The van der Waals surface area contributed by atoms with E-state index in [4.69, 9.17) is 25.8 Å². The maximum atomic E-state index is 13.4. The first-order valence-electron chi connectivity index (χ1n) is 11.6. The lowest BCUT2D eigenvalue weighted by atomic mass is 9.95. The number of methoxy groups -OCH3 is 2. The molecule has 0 fully saturated rings. The summed E-state index contributed by atoms with van der Waals surface area (Å²) in [6.45, 7) is 1.26. The Morgan fingerprint density at radius 2 is 1.78 bits per heavy atom. The number of fused-ring (bicyclic) bond motifs is 1. The molecule has 0 aliphatic carbocycles. The molecular formula is C28H26ClN3O4. The number of benzene rings is 3. The minimum Gasteiger partial charge on any atom is -0.493 e. The van der Waals surface area contributed by atoms with Gasteiger partial charge in [0, 0.05) is 29.8 Å². The largest absolute Gasteiger partial charge is 0.493 e. The molecule has 0 radical (unpaired) electrons. The van der Waals surface area contributed by atoms with E-state index in [2.05, 4.69) is 10.2 Å². The van der Waals surface area contributed by atoms with Gasteiger partial charge in [0.25, 0.3) is 5.91 Å². The highest BCUT2D eigenvalue weighted by Gasteiger charge is 2.42. The highest BCUT2D eigenvalue weighted by molar-refractivity contribution is 6.30. The van der Waals surface area contributed by atoms with Gasteiger partial charge < -0.3 is 19.1 Å². The third kappa shape index (κ3) is 4.55. The van der Waals surface area contributed by atoms with Crippen molar-refractivity contribution in [2.75, 3.05) is 27.4 Å². The molecule has 5 rings (SSSR count). The zero-order valence-electron chi connectivity index (χ0n) is 20.0. The van der Waals surface area contributed by atoms with Crippen molar-refractivity contribution in [1.29, 1.82) is 0 Å². The van der Waals surface area contributed by atoms with Crippen LogP contribution < -0.4 is 9.47 Å². The molecule has 0 bridgehead atoms. The Labute approximate surface area is 214 Å². The molecule has 4 aromatic rings. The quantitative estimate of drug-likeness (QED) is 0.326. The highest BCUT2D eigenvalue weighted by atomic mass is 35.5. The SMILES string of the molecule is COCCN1C(=O)c2[nH]nc(-c3ccc(Cl)cc3)c2C1c1ccc(OCc2ccccc2)c(OC)c1. The molecule has 0 spiro atoms. The molecule has 8 heteroatoms. The molecule has 1 atom stereocenters. The van der Waals surface area contributed by atoms with E-state index < -0.39 is 0 Å². The summed E-state index contributed by atoms with van der Waals surface area (Å²) >= 11 is 6.10. The first-order valence-corrected chi connectivity index (χ1v) is 12.0. The molecule has 1 unspecified atom stereocenters. The molecule has 184 valence electrons. The molecule has 2 heterocycles. The number of aromatic nitrogens is 2.